The van der Waals surface area contributed by atoms with Crippen LogP contribution in [0.1, 0.15) is 35.1 Å². The predicted octanol–water partition coefficient (Wildman–Crippen LogP) is -0.0774. The predicted molar refractivity (Wildman–Crippen MR) is 74.4 cm³/mol. The number of rotatable bonds is 4. The number of nitrogens with zero attached hydrogens (tertiary/aromatic N) is 5. The molecule has 0 bridgehead atoms. The van der Waals surface area contributed by atoms with Crippen molar-refractivity contribution in [3.63, 3.8) is 0 Å². The van der Waals surface area contributed by atoms with Crippen molar-refractivity contribution in [1.29, 1.82) is 0 Å². The highest BCUT2D eigenvalue weighted by Crippen LogP contribution is 2.16. The lowest BCUT2D eigenvalue weighted by Gasteiger charge is -2.22. The maximum absolute atomic E-state index is 12.0. The molecule has 0 unspecified atom stereocenters. The van der Waals surface area contributed by atoms with Crippen molar-refractivity contribution in [3.05, 3.63) is 35.9 Å². The molecule has 0 radical (unpaired) electrons. The minimum absolute atomic E-state index is 0.249. The highest BCUT2D eigenvalue weighted by atomic mass is 16.2. The van der Waals surface area contributed by atoms with Crippen LogP contribution in [0.2, 0.25) is 0 Å². The van der Waals surface area contributed by atoms with E-state index in [1.807, 2.05) is 0 Å². The molecule has 1 saturated heterocycles. The Morgan fingerprint density at radius 2 is 2.24 bits per heavy atom. The number of hydrogen-bond donors (Lipinski definition) is 2. The second-order valence-corrected chi connectivity index (χ2v) is 4.96. The van der Waals surface area contributed by atoms with Crippen LogP contribution in [0.3, 0.4) is 0 Å². The minimum Gasteiger partial charge on any atom is -0.345 e. The largest absolute Gasteiger partial charge is 0.345 e. The normalized spacial score (nSPS) is 15.8. The number of aromatic nitrogens is 5. The van der Waals surface area contributed by atoms with Crippen molar-refractivity contribution in [2.75, 3.05) is 13.1 Å². The number of amides is 1. The molecule has 1 aliphatic rings. The van der Waals surface area contributed by atoms with E-state index in [4.69, 9.17) is 0 Å². The number of carbonyl (C=O) groups is 1. The van der Waals surface area contributed by atoms with Crippen molar-refractivity contribution in [3.8, 4) is 0 Å². The lowest BCUT2D eigenvalue weighted by Crippen LogP contribution is -2.29. The molecule has 0 atom stereocenters. The monoisotopic (exact) mass is 287 g/mol. The Morgan fingerprint density at radius 1 is 1.38 bits per heavy atom. The molecule has 8 heteroatoms. The SMILES string of the molecule is O=C(NCc1cccnn1)c1cn(C2CCNCC2)nn1. The van der Waals surface area contributed by atoms with E-state index < -0.39 is 0 Å². The molecule has 21 heavy (non-hydrogen) atoms. The van der Waals surface area contributed by atoms with Crippen molar-refractivity contribution in [2.45, 2.75) is 25.4 Å². The molecule has 2 aromatic heterocycles. The molecular formula is C13H17N7O. The topological polar surface area (TPSA) is 97.6 Å². The molecule has 110 valence electrons. The van der Waals surface area contributed by atoms with Crippen LogP contribution < -0.4 is 10.6 Å². The van der Waals surface area contributed by atoms with Crippen molar-refractivity contribution < 1.29 is 4.79 Å². The third-order valence-corrected chi connectivity index (χ3v) is 3.48. The van der Waals surface area contributed by atoms with Gasteiger partial charge in [-0.1, -0.05) is 5.21 Å². The van der Waals surface area contributed by atoms with Gasteiger partial charge in [0.15, 0.2) is 5.69 Å². The maximum Gasteiger partial charge on any atom is 0.273 e. The summed E-state index contributed by atoms with van der Waals surface area (Å²) in [6.45, 7) is 2.27. The molecule has 0 aromatic carbocycles. The van der Waals surface area contributed by atoms with Crippen molar-refractivity contribution in [2.24, 2.45) is 0 Å². The zero-order chi connectivity index (χ0) is 14.5. The highest BCUT2D eigenvalue weighted by Gasteiger charge is 2.18. The summed E-state index contributed by atoms with van der Waals surface area (Å²) in [7, 11) is 0. The summed E-state index contributed by atoms with van der Waals surface area (Å²) in [6, 6.07) is 3.90. The second-order valence-electron chi connectivity index (χ2n) is 4.96. The molecule has 8 nitrogen and oxygen atoms in total. The Balaban J connectivity index is 1.59. The fourth-order valence-electron chi connectivity index (χ4n) is 2.32. The van der Waals surface area contributed by atoms with E-state index in [2.05, 4.69) is 31.1 Å². The molecule has 0 aliphatic carbocycles. The fourth-order valence-corrected chi connectivity index (χ4v) is 2.32. The molecule has 1 amide bonds. The van der Waals surface area contributed by atoms with Gasteiger partial charge in [0.05, 0.1) is 24.5 Å². The van der Waals surface area contributed by atoms with Crippen LogP contribution in [-0.4, -0.2) is 44.2 Å². The minimum atomic E-state index is -0.249. The van der Waals surface area contributed by atoms with Crippen LogP contribution in [0.15, 0.2) is 24.5 Å². The number of piperidine rings is 1. The van der Waals surface area contributed by atoms with Crippen LogP contribution >= 0.6 is 0 Å². The van der Waals surface area contributed by atoms with Gasteiger partial charge in [-0.25, -0.2) is 4.68 Å². The molecule has 1 fully saturated rings. The molecule has 3 rings (SSSR count). The molecule has 2 aromatic rings. The Bertz CT molecular complexity index is 592. The van der Waals surface area contributed by atoms with E-state index in [9.17, 15) is 4.79 Å². The van der Waals surface area contributed by atoms with Crippen molar-refractivity contribution in [1.82, 2.24) is 35.8 Å². The van der Waals surface area contributed by atoms with Crippen LogP contribution in [0.25, 0.3) is 0 Å². The third kappa shape index (κ3) is 3.40. The quantitative estimate of drug-likeness (QED) is 0.816. The zero-order valence-electron chi connectivity index (χ0n) is 11.6. The summed E-state index contributed by atoms with van der Waals surface area (Å²) in [5.41, 5.74) is 1.04. The van der Waals surface area contributed by atoms with Gasteiger partial charge >= 0.3 is 0 Å². The first kappa shape index (κ1) is 13.6. The summed E-state index contributed by atoms with van der Waals surface area (Å²) >= 11 is 0. The van der Waals surface area contributed by atoms with Crippen LogP contribution in [0.4, 0.5) is 0 Å². The lowest BCUT2D eigenvalue weighted by molar-refractivity contribution is 0.0945. The molecule has 3 heterocycles. The zero-order valence-corrected chi connectivity index (χ0v) is 11.6. The molecular weight excluding hydrogens is 270 g/mol. The number of hydrogen-bond acceptors (Lipinski definition) is 6. The number of nitrogens with one attached hydrogen (secondary N) is 2. The van der Waals surface area contributed by atoms with E-state index in [0.29, 0.717) is 24.0 Å². The van der Waals surface area contributed by atoms with E-state index >= 15 is 0 Å². The van der Waals surface area contributed by atoms with Gasteiger partial charge in [-0.05, 0) is 38.1 Å². The first-order chi connectivity index (χ1) is 10.3. The van der Waals surface area contributed by atoms with Gasteiger partial charge in [0.1, 0.15) is 0 Å². The van der Waals surface area contributed by atoms with E-state index in [-0.39, 0.29) is 5.91 Å². The lowest BCUT2D eigenvalue weighted by atomic mass is 10.1. The Labute approximate surface area is 122 Å². The highest BCUT2D eigenvalue weighted by molar-refractivity contribution is 5.91. The summed E-state index contributed by atoms with van der Waals surface area (Å²) in [6.07, 6.45) is 5.31. The first-order valence-electron chi connectivity index (χ1n) is 7.00. The third-order valence-electron chi connectivity index (χ3n) is 3.48. The summed E-state index contributed by atoms with van der Waals surface area (Å²) in [5.74, 6) is -0.249. The van der Waals surface area contributed by atoms with Gasteiger partial charge in [0.2, 0.25) is 0 Å². The molecule has 0 spiro atoms. The maximum atomic E-state index is 12.0. The van der Waals surface area contributed by atoms with Crippen molar-refractivity contribution >= 4 is 5.91 Å². The Hall–Kier alpha value is -2.35. The van der Waals surface area contributed by atoms with Crippen LogP contribution in [0.5, 0.6) is 0 Å². The van der Waals surface area contributed by atoms with Gasteiger partial charge in [0, 0.05) is 6.20 Å². The second kappa shape index (κ2) is 6.40. The van der Waals surface area contributed by atoms with Crippen LogP contribution in [-0.2, 0) is 6.54 Å². The van der Waals surface area contributed by atoms with Gasteiger partial charge in [0.25, 0.3) is 5.91 Å². The first-order valence-corrected chi connectivity index (χ1v) is 7.00. The Kier molecular flexibility index (Phi) is 4.15. The summed E-state index contributed by atoms with van der Waals surface area (Å²) in [5, 5.41) is 21.7. The van der Waals surface area contributed by atoms with Crippen LogP contribution in [0, 0.1) is 0 Å². The van der Waals surface area contributed by atoms with Gasteiger partial charge in [-0.3, -0.25) is 4.79 Å². The number of carbonyl (C=O) groups excluding carboxylic acids is 1. The fraction of sp³-hybridized carbons (Fsp3) is 0.462. The van der Waals surface area contributed by atoms with Gasteiger partial charge < -0.3 is 10.6 Å². The average molecular weight is 287 g/mol. The molecule has 0 saturated carbocycles. The smallest absolute Gasteiger partial charge is 0.273 e. The van der Waals surface area contributed by atoms with Gasteiger partial charge in [-0.2, -0.15) is 10.2 Å². The van der Waals surface area contributed by atoms with E-state index in [1.54, 1.807) is 29.2 Å². The molecule has 1 aliphatic heterocycles. The van der Waals surface area contributed by atoms with E-state index in [0.717, 1.165) is 25.9 Å². The van der Waals surface area contributed by atoms with E-state index in [1.165, 1.54) is 0 Å². The van der Waals surface area contributed by atoms with Gasteiger partial charge in [-0.15, -0.1) is 5.10 Å². The average Bonchev–Trinajstić information content (AvgIpc) is 3.04. The molecule has 2 N–H and O–H groups in total. The Morgan fingerprint density at radius 3 is 3.00 bits per heavy atom. The standard InChI is InChI=1S/C13H17N7O/c21-13(15-8-10-2-1-5-16-17-10)12-9-20(19-18-12)11-3-6-14-7-4-11/h1-2,5,9,11,14H,3-4,6-8H2,(H,15,21). The summed E-state index contributed by atoms with van der Waals surface area (Å²) in [4.78, 5) is 12.0. The summed E-state index contributed by atoms with van der Waals surface area (Å²) < 4.78 is 1.79.